The van der Waals surface area contributed by atoms with Gasteiger partial charge >= 0.3 is 6.03 Å². The summed E-state index contributed by atoms with van der Waals surface area (Å²) >= 11 is 0. The topological polar surface area (TPSA) is 70.2 Å². The van der Waals surface area contributed by atoms with Crippen molar-refractivity contribution in [3.05, 3.63) is 29.3 Å². The van der Waals surface area contributed by atoms with Crippen LogP contribution in [0.1, 0.15) is 43.2 Å². The third-order valence-electron chi connectivity index (χ3n) is 6.05. The van der Waals surface area contributed by atoms with Crippen LogP contribution in [0.25, 0.3) is 0 Å². The average molecular weight is 387 g/mol. The van der Waals surface area contributed by atoms with Crippen molar-refractivity contribution < 1.29 is 19.1 Å². The van der Waals surface area contributed by atoms with Gasteiger partial charge in [0.1, 0.15) is 17.8 Å². The van der Waals surface area contributed by atoms with Crippen molar-refractivity contribution in [1.82, 2.24) is 14.7 Å². The lowest BCUT2D eigenvalue weighted by Crippen LogP contribution is -2.49. The molecule has 1 aliphatic carbocycles. The van der Waals surface area contributed by atoms with E-state index in [0.29, 0.717) is 25.1 Å². The number of carbonyl (C=O) groups is 3. The molecule has 7 heteroatoms. The number of aryl methyl sites for hydroxylation is 1. The molecule has 0 unspecified atom stereocenters. The zero-order valence-corrected chi connectivity index (χ0v) is 17.2. The monoisotopic (exact) mass is 387 g/mol. The normalized spacial score (nSPS) is 18.7. The van der Waals surface area contributed by atoms with Crippen molar-refractivity contribution >= 4 is 17.8 Å². The number of urea groups is 1. The molecular formula is C21H29N3O4. The van der Waals surface area contributed by atoms with Gasteiger partial charge in [-0.25, -0.2) is 4.79 Å². The molecule has 3 rings (SSSR count). The van der Waals surface area contributed by atoms with Crippen molar-refractivity contribution in [2.75, 3.05) is 27.7 Å². The van der Waals surface area contributed by atoms with Gasteiger partial charge in [0.05, 0.1) is 7.11 Å². The van der Waals surface area contributed by atoms with Gasteiger partial charge in [-0.1, -0.05) is 37.0 Å². The number of hydrogen-bond donors (Lipinski definition) is 0. The van der Waals surface area contributed by atoms with Crippen molar-refractivity contribution in [3.63, 3.8) is 0 Å². The average Bonchev–Trinajstić information content (AvgIpc) is 2.85. The van der Waals surface area contributed by atoms with Gasteiger partial charge in [-0.3, -0.25) is 14.5 Å². The highest BCUT2D eigenvalue weighted by Gasteiger charge is 2.55. The summed E-state index contributed by atoms with van der Waals surface area (Å²) in [5.41, 5.74) is 1.20. The predicted octanol–water partition coefficient (Wildman–Crippen LogP) is 2.56. The molecule has 28 heavy (non-hydrogen) atoms. The molecule has 1 saturated carbocycles. The maximum atomic E-state index is 13.0. The summed E-state index contributed by atoms with van der Waals surface area (Å²) < 4.78 is 5.37. The van der Waals surface area contributed by atoms with E-state index < -0.39 is 5.54 Å². The lowest BCUT2D eigenvalue weighted by molar-refractivity contribution is -0.140. The van der Waals surface area contributed by atoms with Gasteiger partial charge < -0.3 is 14.5 Å². The molecule has 1 heterocycles. The molecule has 1 saturated heterocycles. The molecule has 1 aliphatic heterocycles. The highest BCUT2D eigenvalue weighted by Crippen LogP contribution is 2.39. The standard InChI is InChI=1S/C21H29N3O4/c1-15-8-9-17(28-4)16(12-15)13-22(2)18(25)14-24-19(26)21(23(3)20(24)27)10-6-5-7-11-21/h8-9,12H,5-7,10-11,13-14H2,1-4H3. The van der Waals surface area contributed by atoms with Crippen LogP contribution in [-0.2, 0) is 16.1 Å². The zero-order valence-electron chi connectivity index (χ0n) is 17.2. The van der Waals surface area contributed by atoms with Crippen LogP contribution in [0.4, 0.5) is 4.79 Å². The lowest BCUT2D eigenvalue weighted by Gasteiger charge is -2.35. The van der Waals surface area contributed by atoms with E-state index in [9.17, 15) is 14.4 Å². The third kappa shape index (κ3) is 3.45. The summed E-state index contributed by atoms with van der Waals surface area (Å²) in [6, 6.07) is 5.42. The first-order valence-electron chi connectivity index (χ1n) is 9.77. The number of nitrogens with zero attached hydrogens (tertiary/aromatic N) is 3. The molecule has 0 bridgehead atoms. The summed E-state index contributed by atoms with van der Waals surface area (Å²) in [6.07, 6.45) is 4.29. The Bertz CT molecular complexity index is 786. The van der Waals surface area contributed by atoms with Gasteiger partial charge in [-0.05, 0) is 25.8 Å². The molecule has 1 aromatic rings. The molecule has 0 aromatic heterocycles. The summed E-state index contributed by atoms with van der Waals surface area (Å²) in [4.78, 5) is 42.7. The molecule has 152 valence electrons. The summed E-state index contributed by atoms with van der Waals surface area (Å²) in [7, 11) is 4.95. The molecule has 7 nitrogen and oxygen atoms in total. The Balaban J connectivity index is 1.71. The van der Waals surface area contributed by atoms with Gasteiger partial charge in [0.2, 0.25) is 5.91 Å². The Labute approximate surface area is 166 Å². The minimum Gasteiger partial charge on any atom is -0.496 e. The smallest absolute Gasteiger partial charge is 0.327 e. The third-order valence-corrected chi connectivity index (χ3v) is 6.05. The SMILES string of the molecule is COc1ccc(C)cc1CN(C)C(=O)CN1C(=O)N(C)C2(CCCCC2)C1=O. The van der Waals surface area contributed by atoms with E-state index in [1.54, 1.807) is 26.1 Å². The molecule has 4 amide bonds. The number of likely N-dealkylation sites (N-methyl/N-ethyl adjacent to an activating group) is 2. The molecular weight excluding hydrogens is 358 g/mol. The van der Waals surface area contributed by atoms with Crippen LogP contribution < -0.4 is 4.74 Å². The van der Waals surface area contributed by atoms with E-state index >= 15 is 0 Å². The second-order valence-electron chi connectivity index (χ2n) is 7.89. The van der Waals surface area contributed by atoms with Gasteiger partial charge in [-0.2, -0.15) is 0 Å². The largest absolute Gasteiger partial charge is 0.496 e. The predicted molar refractivity (Wildman–Crippen MR) is 105 cm³/mol. The number of rotatable bonds is 5. The van der Waals surface area contributed by atoms with Crippen molar-refractivity contribution in [1.29, 1.82) is 0 Å². The van der Waals surface area contributed by atoms with Crippen LogP contribution in [0, 0.1) is 6.92 Å². The first-order valence-corrected chi connectivity index (χ1v) is 9.77. The number of amides is 4. The quantitative estimate of drug-likeness (QED) is 0.728. The van der Waals surface area contributed by atoms with Crippen LogP contribution in [0.3, 0.4) is 0 Å². The zero-order chi connectivity index (χ0) is 20.5. The van der Waals surface area contributed by atoms with Crippen LogP contribution in [0.2, 0.25) is 0 Å². The minimum atomic E-state index is -0.756. The first-order chi connectivity index (χ1) is 13.3. The van der Waals surface area contributed by atoms with Gasteiger partial charge in [0.15, 0.2) is 0 Å². The van der Waals surface area contributed by atoms with Gasteiger partial charge in [-0.15, -0.1) is 0 Å². The molecule has 1 aromatic carbocycles. The number of ether oxygens (including phenoxy) is 1. The van der Waals surface area contributed by atoms with E-state index in [4.69, 9.17) is 4.74 Å². The van der Waals surface area contributed by atoms with Crippen molar-refractivity contribution in [3.8, 4) is 5.75 Å². The van der Waals surface area contributed by atoms with Gasteiger partial charge in [0, 0.05) is 26.2 Å². The minimum absolute atomic E-state index is 0.227. The van der Waals surface area contributed by atoms with Gasteiger partial charge in [0.25, 0.3) is 5.91 Å². The number of carbonyl (C=O) groups excluding carboxylic acids is 3. The van der Waals surface area contributed by atoms with Crippen molar-refractivity contribution in [2.24, 2.45) is 0 Å². The molecule has 2 fully saturated rings. The van der Waals surface area contributed by atoms with E-state index in [1.165, 1.54) is 4.90 Å². The second kappa shape index (κ2) is 7.81. The molecule has 0 atom stereocenters. The number of methoxy groups -OCH3 is 1. The van der Waals surface area contributed by atoms with E-state index in [0.717, 1.165) is 35.3 Å². The summed E-state index contributed by atoms with van der Waals surface area (Å²) in [5, 5.41) is 0. The van der Waals surface area contributed by atoms with Crippen molar-refractivity contribution in [2.45, 2.75) is 51.1 Å². The Hall–Kier alpha value is -2.57. The lowest BCUT2D eigenvalue weighted by atomic mass is 9.81. The Morgan fingerprint density at radius 1 is 1.21 bits per heavy atom. The number of imide groups is 1. The second-order valence-corrected chi connectivity index (χ2v) is 7.89. The Morgan fingerprint density at radius 2 is 1.89 bits per heavy atom. The molecule has 1 spiro atoms. The Kier molecular flexibility index (Phi) is 5.63. The van der Waals surface area contributed by atoms with Crippen LogP contribution in [-0.4, -0.2) is 65.8 Å². The Morgan fingerprint density at radius 3 is 2.54 bits per heavy atom. The highest BCUT2D eigenvalue weighted by atomic mass is 16.5. The summed E-state index contributed by atoms with van der Waals surface area (Å²) in [5.74, 6) is 0.209. The fraction of sp³-hybridized carbons (Fsp3) is 0.571. The molecule has 2 aliphatic rings. The number of benzene rings is 1. The van der Waals surface area contributed by atoms with E-state index in [2.05, 4.69) is 0 Å². The maximum absolute atomic E-state index is 13.0. The van der Waals surface area contributed by atoms with Crippen LogP contribution in [0.15, 0.2) is 18.2 Å². The first kappa shape index (κ1) is 20.2. The molecule has 0 radical (unpaired) electrons. The summed E-state index contributed by atoms with van der Waals surface area (Å²) in [6.45, 7) is 2.10. The molecule has 0 N–H and O–H groups in total. The fourth-order valence-electron chi connectivity index (χ4n) is 4.30. The van der Waals surface area contributed by atoms with Crippen LogP contribution in [0.5, 0.6) is 5.75 Å². The van der Waals surface area contributed by atoms with E-state index in [1.807, 2.05) is 25.1 Å². The highest BCUT2D eigenvalue weighted by molar-refractivity contribution is 6.08. The fourth-order valence-corrected chi connectivity index (χ4v) is 4.30. The number of hydrogen-bond acceptors (Lipinski definition) is 4. The van der Waals surface area contributed by atoms with Crippen LogP contribution >= 0.6 is 0 Å². The van der Waals surface area contributed by atoms with E-state index in [-0.39, 0.29) is 24.4 Å². The maximum Gasteiger partial charge on any atom is 0.327 e.